The Kier molecular flexibility index (Phi) is 6.06. The van der Waals surface area contributed by atoms with Gasteiger partial charge < -0.3 is 9.88 Å². The second-order valence-electron chi connectivity index (χ2n) is 6.73. The fourth-order valence-corrected chi connectivity index (χ4v) is 3.23. The molecule has 1 N–H and O–H groups in total. The number of aromatic nitrogens is 1. The summed E-state index contributed by atoms with van der Waals surface area (Å²) in [6, 6.07) is 12.8. The molecule has 3 aromatic rings. The summed E-state index contributed by atoms with van der Waals surface area (Å²) in [5, 5.41) is 2.58. The maximum absolute atomic E-state index is 13.0. The van der Waals surface area contributed by atoms with Gasteiger partial charge in [0, 0.05) is 24.7 Å². The van der Waals surface area contributed by atoms with Crippen molar-refractivity contribution in [3.8, 4) is 0 Å². The Morgan fingerprint density at radius 3 is 2.48 bits per heavy atom. The molecule has 0 radical (unpaired) electrons. The van der Waals surface area contributed by atoms with Crippen LogP contribution in [0.15, 0.2) is 59.5 Å². The summed E-state index contributed by atoms with van der Waals surface area (Å²) in [6.45, 7) is 2.57. The molecule has 1 aromatic heterocycles. The predicted octanol–water partition coefficient (Wildman–Crippen LogP) is 4.40. The topological polar surface area (TPSA) is 51.1 Å². The third-order valence-electron chi connectivity index (χ3n) is 4.76. The second kappa shape index (κ2) is 8.51. The van der Waals surface area contributed by atoms with Crippen LogP contribution in [0.3, 0.4) is 0 Å². The number of rotatable bonds is 6. The highest BCUT2D eigenvalue weighted by molar-refractivity contribution is 5.97. The second-order valence-corrected chi connectivity index (χ2v) is 6.73. The summed E-state index contributed by atoms with van der Waals surface area (Å²) in [5.41, 5.74) is -0.258. The zero-order chi connectivity index (χ0) is 21.0. The van der Waals surface area contributed by atoms with Crippen LogP contribution in [-0.2, 0) is 19.1 Å². The lowest BCUT2D eigenvalue weighted by molar-refractivity contribution is -0.137. The minimum absolute atomic E-state index is 0.112. The fourth-order valence-electron chi connectivity index (χ4n) is 3.23. The Labute approximate surface area is 166 Å². The SMILES string of the molecule is CCn1cc(C(=O)NCCCc2ccccc2)c(=O)c2cc(C(F)(F)F)ccc21. The highest BCUT2D eigenvalue weighted by atomic mass is 19.4. The first-order valence-corrected chi connectivity index (χ1v) is 9.37. The minimum atomic E-state index is -4.56. The Hall–Kier alpha value is -3.09. The highest BCUT2D eigenvalue weighted by Crippen LogP contribution is 2.30. The van der Waals surface area contributed by atoms with E-state index in [4.69, 9.17) is 0 Å². The van der Waals surface area contributed by atoms with Gasteiger partial charge in [-0.1, -0.05) is 30.3 Å². The number of carbonyl (C=O) groups is 1. The number of hydrogen-bond donors (Lipinski definition) is 1. The molecule has 3 rings (SSSR count). The molecule has 0 spiro atoms. The Balaban J connectivity index is 1.83. The van der Waals surface area contributed by atoms with Crippen molar-refractivity contribution in [1.29, 1.82) is 0 Å². The van der Waals surface area contributed by atoms with E-state index in [0.29, 0.717) is 25.0 Å². The maximum atomic E-state index is 13.0. The molecule has 0 bridgehead atoms. The van der Waals surface area contributed by atoms with Crippen molar-refractivity contribution in [3.05, 3.63) is 81.6 Å². The Morgan fingerprint density at radius 2 is 1.83 bits per heavy atom. The molecule has 0 aliphatic carbocycles. The molecular formula is C22H21F3N2O2. The van der Waals surface area contributed by atoms with E-state index in [0.717, 1.165) is 24.1 Å². The summed E-state index contributed by atoms with van der Waals surface area (Å²) in [5.74, 6) is -0.579. The number of benzene rings is 2. The van der Waals surface area contributed by atoms with Crippen molar-refractivity contribution >= 4 is 16.8 Å². The number of nitrogens with zero attached hydrogens (tertiary/aromatic N) is 1. The molecular weight excluding hydrogens is 381 g/mol. The maximum Gasteiger partial charge on any atom is 0.416 e. The van der Waals surface area contributed by atoms with Crippen LogP contribution in [0.2, 0.25) is 0 Å². The van der Waals surface area contributed by atoms with Crippen LogP contribution < -0.4 is 10.7 Å². The normalized spacial score (nSPS) is 11.6. The van der Waals surface area contributed by atoms with Crippen LogP contribution in [-0.4, -0.2) is 17.0 Å². The quantitative estimate of drug-likeness (QED) is 0.622. The summed E-state index contributed by atoms with van der Waals surface area (Å²) in [4.78, 5) is 25.3. The summed E-state index contributed by atoms with van der Waals surface area (Å²) >= 11 is 0. The molecule has 0 saturated carbocycles. The number of fused-ring (bicyclic) bond motifs is 1. The zero-order valence-electron chi connectivity index (χ0n) is 15.9. The van der Waals surface area contributed by atoms with Crippen molar-refractivity contribution in [2.45, 2.75) is 32.5 Å². The minimum Gasteiger partial charge on any atom is -0.352 e. The van der Waals surface area contributed by atoms with Crippen LogP contribution in [0.25, 0.3) is 10.9 Å². The fraction of sp³-hybridized carbons (Fsp3) is 0.273. The van der Waals surface area contributed by atoms with E-state index in [9.17, 15) is 22.8 Å². The Morgan fingerprint density at radius 1 is 1.10 bits per heavy atom. The standard InChI is InChI=1S/C22H21F3N2O2/c1-2-27-14-18(21(29)26-12-6-9-15-7-4-3-5-8-15)20(28)17-13-16(22(23,24)25)10-11-19(17)27/h3-5,7-8,10-11,13-14H,2,6,9,12H2,1H3,(H,26,29). The van der Waals surface area contributed by atoms with E-state index in [1.807, 2.05) is 30.3 Å². The van der Waals surface area contributed by atoms with Gasteiger partial charge in [-0.05, 0) is 43.5 Å². The predicted molar refractivity (Wildman–Crippen MR) is 106 cm³/mol. The average molecular weight is 402 g/mol. The number of amides is 1. The zero-order valence-corrected chi connectivity index (χ0v) is 15.9. The smallest absolute Gasteiger partial charge is 0.352 e. The van der Waals surface area contributed by atoms with Crippen molar-refractivity contribution in [2.24, 2.45) is 0 Å². The number of carbonyl (C=O) groups excluding carboxylic acids is 1. The first kappa shape index (κ1) is 20.6. The molecule has 4 nitrogen and oxygen atoms in total. The van der Waals surface area contributed by atoms with Gasteiger partial charge in [-0.15, -0.1) is 0 Å². The molecule has 152 valence electrons. The van der Waals surface area contributed by atoms with Crippen LogP contribution in [0.1, 0.15) is 34.8 Å². The van der Waals surface area contributed by atoms with Gasteiger partial charge in [-0.3, -0.25) is 9.59 Å². The molecule has 0 aliphatic rings. The third-order valence-corrected chi connectivity index (χ3v) is 4.76. The number of aryl methyl sites for hydroxylation is 2. The van der Waals surface area contributed by atoms with Gasteiger partial charge in [0.1, 0.15) is 5.56 Å². The van der Waals surface area contributed by atoms with E-state index >= 15 is 0 Å². The van der Waals surface area contributed by atoms with Crippen molar-refractivity contribution in [1.82, 2.24) is 9.88 Å². The highest BCUT2D eigenvalue weighted by Gasteiger charge is 2.31. The van der Waals surface area contributed by atoms with E-state index < -0.39 is 23.1 Å². The third kappa shape index (κ3) is 4.67. The Bertz CT molecular complexity index is 1070. The number of halogens is 3. The summed E-state index contributed by atoms with van der Waals surface area (Å²) < 4.78 is 40.7. The number of alkyl halides is 3. The molecule has 0 unspecified atom stereocenters. The summed E-state index contributed by atoms with van der Waals surface area (Å²) in [7, 11) is 0. The van der Waals surface area contributed by atoms with Crippen LogP contribution in [0.5, 0.6) is 0 Å². The number of nitrogens with one attached hydrogen (secondary N) is 1. The average Bonchev–Trinajstić information content (AvgIpc) is 2.71. The van der Waals surface area contributed by atoms with Gasteiger partial charge in [0.2, 0.25) is 5.43 Å². The van der Waals surface area contributed by atoms with E-state index in [1.54, 1.807) is 11.5 Å². The monoisotopic (exact) mass is 402 g/mol. The van der Waals surface area contributed by atoms with Crippen molar-refractivity contribution < 1.29 is 18.0 Å². The van der Waals surface area contributed by atoms with E-state index in [2.05, 4.69) is 5.32 Å². The van der Waals surface area contributed by atoms with Crippen molar-refractivity contribution in [2.75, 3.05) is 6.54 Å². The van der Waals surface area contributed by atoms with Gasteiger partial charge in [0.25, 0.3) is 5.91 Å². The van der Waals surface area contributed by atoms with Crippen molar-refractivity contribution in [3.63, 3.8) is 0 Å². The lowest BCUT2D eigenvalue weighted by atomic mass is 10.1. The first-order valence-electron chi connectivity index (χ1n) is 9.37. The van der Waals surface area contributed by atoms with Crippen LogP contribution >= 0.6 is 0 Å². The largest absolute Gasteiger partial charge is 0.416 e. The molecule has 0 saturated heterocycles. The molecule has 0 fully saturated rings. The van der Waals surface area contributed by atoms with E-state index in [1.165, 1.54) is 12.3 Å². The number of pyridine rings is 1. The molecule has 2 aromatic carbocycles. The number of hydrogen-bond acceptors (Lipinski definition) is 2. The van der Waals surface area contributed by atoms with Crippen LogP contribution in [0, 0.1) is 0 Å². The molecule has 0 aliphatic heterocycles. The lowest BCUT2D eigenvalue weighted by Gasteiger charge is -2.14. The summed E-state index contributed by atoms with van der Waals surface area (Å²) in [6.07, 6.45) is -1.70. The van der Waals surface area contributed by atoms with Gasteiger partial charge >= 0.3 is 6.18 Å². The molecule has 1 amide bonds. The van der Waals surface area contributed by atoms with Gasteiger partial charge in [-0.2, -0.15) is 13.2 Å². The van der Waals surface area contributed by atoms with Crippen LogP contribution in [0.4, 0.5) is 13.2 Å². The van der Waals surface area contributed by atoms with Gasteiger partial charge in [0.05, 0.1) is 11.1 Å². The van der Waals surface area contributed by atoms with Gasteiger partial charge in [-0.25, -0.2) is 0 Å². The first-order chi connectivity index (χ1) is 13.8. The molecule has 7 heteroatoms. The lowest BCUT2D eigenvalue weighted by Crippen LogP contribution is -2.30. The molecule has 1 heterocycles. The molecule has 0 atom stereocenters. The van der Waals surface area contributed by atoms with E-state index in [-0.39, 0.29) is 10.9 Å². The van der Waals surface area contributed by atoms with Gasteiger partial charge in [0.15, 0.2) is 0 Å². The molecule has 29 heavy (non-hydrogen) atoms.